The molecule has 2 aromatic heterocycles. The molecule has 0 saturated carbocycles. The maximum Gasteiger partial charge on any atom is 0.336 e. The predicted molar refractivity (Wildman–Crippen MR) is 106 cm³/mol. The molecule has 0 fully saturated rings. The molecule has 0 unspecified atom stereocenters. The summed E-state index contributed by atoms with van der Waals surface area (Å²) in [5.41, 5.74) is 0.785. The third-order valence-corrected chi connectivity index (χ3v) is 4.96. The normalized spacial score (nSPS) is 13.1. The smallest absolute Gasteiger partial charge is 0.336 e. The highest BCUT2D eigenvalue weighted by Crippen LogP contribution is 2.43. The lowest BCUT2D eigenvalue weighted by molar-refractivity contribution is 0.175. The predicted octanol–water partition coefficient (Wildman–Crippen LogP) is 1.92. The number of likely N-dealkylation sites (N-methyl/N-ethyl adjacent to an activating group) is 1. The van der Waals surface area contributed by atoms with Crippen molar-refractivity contribution in [3.8, 4) is 11.5 Å². The molecule has 0 N–H and O–H groups in total. The van der Waals surface area contributed by atoms with Gasteiger partial charge in [0.15, 0.2) is 11.5 Å². The summed E-state index contributed by atoms with van der Waals surface area (Å²) in [6.07, 6.45) is 0. The fourth-order valence-electron chi connectivity index (χ4n) is 3.74. The summed E-state index contributed by atoms with van der Waals surface area (Å²) in [6, 6.07) is 9.18. The third kappa shape index (κ3) is 2.32. The zero-order chi connectivity index (χ0) is 18.0. The lowest BCUT2D eigenvalue weighted by Gasteiger charge is -2.12. The summed E-state index contributed by atoms with van der Waals surface area (Å²) in [5, 5.41) is 2.17. The molecule has 2 aromatic carbocycles. The molecule has 140 valence electrons. The summed E-state index contributed by atoms with van der Waals surface area (Å²) >= 11 is 0. The van der Waals surface area contributed by atoms with Crippen LogP contribution in [0.15, 0.2) is 39.9 Å². The van der Waals surface area contributed by atoms with Crippen molar-refractivity contribution in [2.24, 2.45) is 0 Å². The topological polar surface area (TPSA) is 65.2 Å². The second-order valence-electron chi connectivity index (χ2n) is 6.77. The molecule has 0 spiro atoms. The zero-order valence-corrected chi connectivity index (χ0v) is 15.7. The Morgan fingerprint density at radius 1 is 1.07 bits per heavy atom. The van der Waals surface area contributed by atoms with Crippen molar-refractivity contribution < 1.29 is 9.47 Å². The molecule has 0 bridgehead atoms. The summed E-state index contributed by atoms with van der Waals surface area (Å²) in [5.74, 6) is 1.29. The number of hydrogen-bond acceptors (Lipinski definition) is 5. The van der Waals surface area contributed by atoms with Gasteiger partial charge < -0.3 is 14.4 Å². The van der Waals surface area contributed by atoms with Crippen LogP contribution >= 0.6 is 12.4 Å². The van der Waals surface area contributed by atoms with Gasteiger partial charge >= 0.3 is 5.69 Å². The summed E-state index contributed by atoms with van der Waals surface area (Å²) in [7, 11) is 3.83. The molecule has 0 saturated heterocycles. The van der Waals surface area contributed by atoms with Crippen molar-refractivity contribution in [2.45, 2.75) is 6.54 Å². The number of rotatable bonds is 3. The quantitative estimate of drug-likeness (QED) is 0.537. The Morgan fingerprint density at radius 3 is 2.63 bits per heavy atom. The molecular formula is C19H18ClN3O4. The molecule has 8 heteroatoms. The van der Waals surface area contributed by atoms with Crippen molar-refractivity contribution in [2.75, 3.05) is 27.4 Å². The van der Waals surface area contributed by atoms with Gasteiger partial charge in [-0.2, -0.15) is 0 Å². The molecule has 7 nitrogen and oxygen atoms in total. The number of ether oxygens (including phenoxy) is 2. The van der Waals surface area contributed by atoms with E-state index in [9.17, 15) is 9.59 Å². The first-order chi connectivity index (χ1) is 12.6. The molecule has 3 heterocycles. The average molecular weight is 388 g/mol. The standard InChI is InChI=1S/C19H17N3O4.ClH/c1-20(2)8-9-21-18(23)12-5-3-4-11-15-13(22(16(11)12)19(21)24)6-7-14-17(15)26-10-25-14;/h3-7H,8-10H2,1-2H3;1H. The Balaban J connectivity index is 0.00000180. The Bertz CT molecular complexity index is 1290. The van der Waals surface area contributed by atoms with E-state index in [1.54, 1.807) is 16.5 Å². The number of fused-ring (bicyclic) bond motifs is 5. The van der Waals surface area contributed by atoms with Crippen molar-refractivity contribution in [3.05, 3.63) is 51.2 Å². The van der Waals surface area contributed by atoms with E-state index in [0.717, 1.165) is 16.3 Å². The van der Waals surface area contributed by atoms with Crippen LogP contribution in [0.5, 0.6) is 11.5 Å². The number of halogens is 1. The summed E-state index contributed by atoms with van der Waals surface area (Å²) in [6.45, 7) is 1.10. The molecule has 0 aliphatic carbocycles. The molecule has 1 aliphatic heterocycles. The molecule has 27 heavy (non-hydrogen) atoms. The van der Waals surface area contributed by atoms with Crippen molar-refractivity contribution in [1.82, 2.24) is 13.9 Å². The van der Waals surface area contributed by atoms with E-state index in [4.69, 9.17) is 9.47 Å². The lowest BCUT2D eigenvalue weighted by Crippen LogP contribution is -2.39. The molecular weight excluding hydrogens is 370 g/mol. The first-order valence-electron chi connectivity index (χ1n) is 8.44. The second-order valence-corrected chi connectivity index (χ2v) is 6.77. The molecule has 4 aromatic rings. The van der Waals surface area contributed by atoms with Crippen LogP contribution in [0.2, 0.25) is 0 Å². The minimum Gasteiger partial charge on any atom is -0.454 e. The Morgan fingerprint density at radius 2 is 1.85 bits per heavy atom. The average Bonchev–Trinajstić information content (AvgIpc) is 3.21. The van der Waals surface area contributed by atoms with Gasteiger partial charge in [-0.1, -0.05) is 12.1 Å². The van der Waals surface area contributed by atoms with Gasteiger partial charge in [0.2, 0.25) is 6.79 Å². The second kappa shape index (κ2) is 6.14. The minimum atomic E-state index is -0.325. The highest BCUT2D eigenvalue weighted by molar-refractivity contribution is 6.16. The molecule has 0 radical (unpaired) electrons. The molecule has 1 aliphatic rings. The van der Waals surface area contributed by atoms with Crippen LogP contribution in [0.3, 0.4) is 0 Å². The highest BCUT2D eigenvalue weighted by atomic mass is 35.5. The van der Waals surface area contributed by atoms with E-state index < -0.39 is 0 Å². The van der Waals surface area contributed by atoms with Gasteiger partial charge in [0.1, 0.15) is 0 Å². The number of nitrogens with zero attached hydrogens (tertiary/aromatic N) is 3. The number of benzene rings is 2. The third-order valence-electron chi connectivity index (χ3n) is 4.96. The summed E-state index contributed by atoms with van der Waals surface area (Å²) in [4.78, 5) is 28.1. The number of para-hydroxylation sites is 1. The van der Waals surface area contributed by atoms with E-state index >= 15 is 0 Å². The Hall–Kier alpha value is -2.77. The van der Waals surface area contributed by atoms with E-state index in [0.29, 0.717) is 35.5 Å². The van der Waals surface area contributed by atoms with Gasteiger partial charge in [-0.3, -0.25) is 13.8 Å². The van der Waals surface area contributed by atoms with Gasteiger partial charge in [0.25, 0.3) is 5.56 Å². The summed E-state index contributed by atoms with van der Waals surface area (Å²) < 4.78 is 14.1. The van der Waals surface area contributed by atoms with Crippen LogP contribution in [-0.4, -0.2) is 41.3 Å². The fourth-order valence-corrected chi connectivity index (χ4v) is 3.74. The monoisotopic (exact) mass is 387 g/mol. The van der Waals surface area contributed by atoms with E-state index in [-0.39, 0.29) is 30.4 Å². The molecule has 5 rings (SSSR count). The van der Waals surface area contributed by atoms with Crippen LogP contribution in [0.4, 0.5) is 0 Å². The van der Waals surface area contributed by atoms with Crippen molar-refractivity contribution in [1.29, 1.82) is 0 Å². The van der Waals surface area contributed by atoms with Crippen LogP contribution in [0, 0.1) is 0 Å². The molecule has 0 amide bonds. The first-order valence-corrected chi connectivity index (χ1v) is 8.44. The van der Waals surface area contributed by atoms with Crippen molar-refractivity contribution >= 4 is 39.6 Å². The van der Waals surface area contributed by atoms with E-state index in [2.05, 4.69) is 0 Å². The Labute approximate surface area is 160 Å². The van der Waals surface area contributed by atoms with Crippen LogP contribution < -0.4 is 20.7 Å². The largest absolute Gasteiger partial charge is 0.454 e. The van der Waals surface area contributed by atoms with Gasteiger partial charge in [-0.25, -0.2) is 4.79 Å². The highest BCUT2D eigenvalue weighted by Gasteiger charge is 2.25. The SMILES string of the molecule is CN(C)CCn1c(=O)c2cccc3c4c5c(ccc4n(c1=O)c23)OCO5.Cl. The maximum atomic E-state index is 13.2. The number of hydrogen-bond donors (Lipinski definition) is 0. The van der Waals surface area contributed by atoms with E-state index in [1.165, 1.54) is 4.57 Å². The van der Waals surface area contributed by atoms with Gasteiger partial charge in [0.05, 0.1) is 21.8 Å². The zero-order valence-electron chi connectivity index (χ0n) is 14.9. The molecule has 0 atom stereocenters. The van der Waals surface area contributed by atoms with Gasteiger partial charge in [-0.15, -0.1) is 12.4 Å². The minimum absolute atomic E-state index is 0. The van der Waals surface area contributed by atoms with Gasteiger partial charge in [-0.05, 0) is 32.3 Å². The van der Waals surface area contributed by atoms with E-state index in [1.807, 2.05) is 37.2 Å². The lowest BCUT2D eigenvalue weighted by atomic mass is 10.1. The fraction of sp³-hybridized carbons (Fsp3) is 0.263. The maximum absolute atomic E-state index is 13.2. The van der Waals surface area contributed by atoms with Gasteiger partial charge in [0, 0.05) is 18.5 Å². The first kappa shape index (κ1) is 17.6. The van der Waals surface area contributed by atoms with Crippen molar-refractivity contribution in [3.63, 3.8) is 0 Å². The number of aromatic nitrogens is 2. The van der Waals surface area contributed by atoms with Crippen LogP contribution in [0.1, 0.15) is 0 Å². The van der Waals surface area contributed by atoms with Crippen LogP contribution in [0.25, 0.3) is 27.2 Å². The Kier molecular flexibility index (Phi) is 4.01. The van der Waals surface area contributed by atoms with Crippen LogP contribution in [-0.2, 0) is 6.54 Å².